The molecular formula is C26H30BClF3N3O6. The van der Waals surface area contributed by atoms with Gasteiger partial charge < -0.3 is 0 Å². The molecule has 3 aliphatic carbocycles. The van der Waals surface area contributed by atoms with Gasteiger partial charge in [0.05, 0.1) is 0 Å². The number of phenolic OH excluding ortho intramolecular Hbond substituents is 1. The molecule has 0 saturated carbocycles. The minimum absolute atomic E-state index is 0.0124. The number of carbonyl (C=O) groups is 2. The number of nitrogens with zero attached hydrogens (tertiary/aromatic N) is 2. The molecule has 0 aliphatic heterocycles. The average Bonchev–Trinajstić information content (AvgIpc) is 2.82. The zero-order valence-corrected chi connectivity index (χ0v) is 22.9. The number of aliphatic hydroxyl groups excluding tert-OH is 2. The Hall–Kier alpha value is -2.87. The van der Waals surface area contributed by atoms with Crippen LogP contribution >= 0.6 is 11.6 Å². The third kappa shape index (κ3) is 4.62. The van der Waals surface area contributed by atoms with E-state index in [0.717, 1.165) is 11.0 Å². The zero-order chi connectivity index (χ0) is 30.1. The topological polar surface area (TPSA) is 148 Å². The Bertz CT molecular complexity index is 1380. The van der Waals surface area contributed by atoms with Crippen molar-refractivity contribution in [1.82, 2.24) is 9.80 Å². The molecule has 40 heavy (non-hydrogen) atoms. The van der Waals surface area contributed by atoms with Gasteiger partial charge >= 0.3 is 214 Å². The summed E-state index contributed by atoms with van der Waals surface area (Å²) >= 11 is 6.63. The third-order valence-electron chi connectivity index (χ3n) is 8.16. The molecule has 0 radical (unpaired) electrons. The molecule has 0 saturated heterocycles. The molecule has 1 amide bonds. The van der Waals surface area contributed by atoms with Gasteiger partial charge in [-0.2, -0.15) is 13.2 Å². The Balaban J connectivity index is 1.84. The summed E-state index contributed by atoms with van der Waals surface area (Å²) in [4.78, 5) is 28.6. The van der Waals surface area contributed by atoms with Crippen LogP contribution in [0.1, 0.15) is 34.8 Å². The van der Waals surface area contributed by atoms with Crippen LogP contribution in [0.25, 0.3) is 0 Å². The number of benzene rings is 1. The summed E-state index contributed by atoms with van der Waals surface area (Å²) in [5, 5.41) is 45.1. The summed E-state index contributed by atoms with van der Waals surface area (Å²) < 4.78 is 39.1. The number of rotatable bonds is 6. The van der Waals surface area contributed by atoms with Gasteiger partial charge in [0.15, 0.2) is 0 Å². The predicted octanol–water partition coefficient (Wildman–Crippen LogP) is 1.66. The Labute approximate surface area is 234 Å². The second kappa shape index (κ2) is 10.2. The van der Waals surface area contributed by atoms with E-state index in [4.69, 9.17) is 17.3 Å². The molecule has 4 atom stereocenters. The molecule has 216 valence electrons. The number of alkyl halides is 3. The van der Waals surface area contributed by atoms with Crippen molar-refractivity contribution < 1.29 is 43.2 Å². The number of aromatic hydroxyl groups is 1. The van der Waals surface area contributed by atoms with E-state index in [2.05, 4.69) is 7.49 Å². The molecule has 9 nitrogen and oxygen atoms in total. The van der Waals surface area contributed by atoms with Crippen molar-refractivity contribution in [3.8, 4) is 5.75 Å². The van der Waals surface area contributed by atoms with Gasteiger partial charge in [-0.25, -0.2) is 0 Å². The van der Waals surface area contributed by atoms with Crippen molar-refractivity contribution >= 4 is 36.2 Å². The Morgan fingerprint density at radius 2 is 1.90 bits per heavy atom. The van der Waals surface area contributed by atoms with Gasteiger partial charge in [0.1, 0.15) is 0 Å². The number of ketones is 1. The first-order valence-corrected chi connectivity index (χ1v) is 12.9. The number of hydrogen-bond acceptors (Lipinski definition) is 8. The first kappa shape index (κ1) is 30.1. The van der Waals surface area contributed by atoms with Crippen LogP contribution in [0.4, 0.5) is 13.2 Å². The molecule has 0 heterocycles. The number of hydrogen-bond donors (Lipinski definition) is 5. The number of amides is 1. The summed E-state index contributed by atoms with van der Waals surface area (Å²) in [6.45, 7) is 0.176. The van der Waals surface area contributed by atoms with Gasteiger partial charge in [-0.15, -0.1) is 0 Å². The maximum atomic E-state index is 13.7. The number of phenols is 1. The number of likely N-dealkylation sites (N-methyl/N-ethyl adjacent to an activating group) is 1. The number of nitrogens with two attached hydrogens (primary N) is 1. The summed E-state index contributed by atoms with van der Waals surface area (Å²) in [5.41, 5.74) is 2.29. The van der Waals surface area contributed by atoms with Crippen molar-refractivity contribution in [2.45, 2.75) is 44.1 Å². The van der Waals surface area contributed by atoms with E-state index >= 15 is 0 Å². The molecule has 4 rings (SSSR count). The van der Waals surface area contributed by atoms with E-state index in [-0.39, 0.29) is 58.7 Å². The van der Waals surface area contributed by atoms with Gasteiger partial charge in [0, 0.05) is 0 Å². The fraction of sp³-hybridized carbons (Fsp3) is 0.500. The third-order valence-corrected chi connectivity index (χ3v) is 8.63. The van der Waals surface area contributed by atoms with Crippen molar-refractivity contribution in [3.05, 3.63) is 50.4 Å². The van der Waals surface area contributed by atoms with Crippen LogP contribution in [0.5, 0.6) is 5.75 Å². The number of halogens is 4. The molecule has 1 aromatic carbocycles. The van der Waals surface area contributed by atoms with Gasteiger partial charge in [-0.05, 0) is 0 Å². The van der Waals surface area contributed by atoms with Crippen LogP contribution in [0.2, 0.25) is 5.02 Å². The summed E-state index contributed by atoms with van der Waals surface area (Å²) in [6, 6.07) is 0.137. The van der Waals surface area contributed by atoms with Crippen molar-refractivity contribution in [2.75, 3.05) is 27.2 Å². The molecule has 0 fully saturated rings. The number of carbonyl (C=O) groups excluding carboxylic acids is 2. The van der Waals surface area contributed by atoms with E-state index in [1.54, 1.807) is 21.0 Å². The molecular weight excluding hydrogens is 554 g/mol. The van der Waals surface area contributed by atoms with Crippen LogP contribution in [-0.2, 0) is 17.8 Å². The number of aliphatic hydroxyl groups is 3. The summed E-state index contributed by atoms with van der Waals surface area (Å²) in [7, 11) is 6.91. The number of primary amides is 1. The van der Waals surface area contributed by atoms with Gasteiger partial charge in [0.25, 0.3) is 0 Å². The molecule has 1 aromatic rings. The first-order valence-electron chi connectivity index (χ1n) is 12.6. The Morgan fingerprint density at radius 1 is 1.27 bits per heavy atom. The second-order valence-corrected chi connectivity index (χ2v) is 11.1. The van der Waals surface area contributed by atoms with E-state index in [1.807, 2.05) is 0 Å². The summed E-state index contributed by atoms with van der Waals surface area (Å²) in [6.07, 6.45) is -4.42. The standard InChI is InChI=1S/C26H30BClF3N3O6/c1-4-34(9-25(29,30)31)8-11-7-14(35)16-12(18(11)28)5-10-6-13-19(33(2)3)21(37)17(24(32)39)22(27)26(13,40)23(38)15(10)20(16)36/h7,10,13,19,27,35,37-38,40H,4-6,8-9H2,1-3H3,(H2,32,39)/t10-,13-,19-,26+/m0/s1. The van der Waals surface area contributed by atoms with E-state index < -0.39 is 70.7 Å². The normalized spacial score (nSPS) is 26.8. The van der Waals surface area contributed by atoms with Crippen LogP contribution in [0.3, 0.4) is 0 Å². The first-order chi connectivity index (χ1) is 18.4. The van der Waals surface area contributed by atoms with Crippen LogP contribution in [0.15, 0.2) is 28.7 Å². The fourth-order valence-corrected chi connectivity index (χ4v) is 6.69. The average molecular weight is 584 g/mol. The van der Waals surface area contributed by atoms with Crippen molar-refractivity contribution in [2.24, 2.45) is 17.6 Å². The second-order valence-electron chi connectivity index (χ2n) is 10.8. The molecule has 0 bridgehead atoms. The molecule has 0 aromatic heterocycles. The summed E-state index contributed by atoms with van der Waals surface area (Å²) in [5.74, 6) is -5.35. The number of fused-ring (bicyclic) bond motifs is 3. The van der Waals surface area contributed by atoms with Crippen molar-refractivity contribution in [3.63, 3.8) is 0 Å². The Morgan fingerprint density at radius 3 is 2.42 bits per heavy atom. The molecule has 0 unspecified atom stereocenters. The van der Waals surface area contributed by atoms with E-state index in [1.165, 1.54) is 4.90 Å². The van der Waals surface area contributed by atoms with Crippen LogP contribution in [0, 0.1) is 11.8 Å². The molecule has 6 N–H and O–H groups in total. The Kier molecular flexibility index (Phi) is 7.67. The van der Waals surface area contributed by atoms with Gasteiger partial charge in [-0.1, -0.05) is 6.92 Å². The van der Waals surface area contributed by atoms with E-state index in [9.17, 15) is 43.2 Å². The van der Waals surface area contributed by atoms with Crippen LogP contribution < -0.4 is 5.73 Å². The number of Topliss-reactive ketones (excluding diaryl/α,β-unsaturated/α-hetero) is 1. The molecule has 0 spiro atoms. The zero-order valence-electron chi connectivity index (χ0n) is 22.1. The van der Waals surface area contributed by atoms with Crippen molar-refractivity contribution in [1.29, 1.82) is 0 Å². The monoisotopic (exact) mass is 583 g/mol. The maximum absolute atomic E-state index is 13.7. The minimum atomic E-state index is -4.45. The van der Waals surface area contributed by atoms with E-state index in [0.29, 0.717) is 0 Å². The SMILES string of the molecule is B=C1C(C(N)=O)=C(O)[C@@H](N(C)C)[C@@H]2C[C@@H]3Cc4c(Cl)c(CN(CC)CC(F)(F)F)cc(O)c4C(=O)C3=C(O)[C@]12O. The quantitative estimate of drug-likeness (QED) is 0.318. The van der Waals surface area contributed by atoms with Gasteiger partial charge in [-0.3, -0.25) is 0 Å². The number of allylic oxidation sites excluding steroid dienone is 1. The molecule has 14 heteroatoms. The predicted molar refractivity (Wildman–Crippen MR) is 143 cm³/mol. The molecule has 3 aliphatic rings. The van der Waals surface area contributed by atoms with Crippen LogP contribution in [-0.4, -0.2) is 99.9 Å². The van der Waals surface area contributed by atoms with Gasteiger partial charge in [0.2, 0.25) is 0 Å². The fourth-order valence-electron chi connectivity index (χ4n) is 6.41.